The SMILES string of the molecule is COc1c(-c2ccc(N)cc2)ccc(N(OC)OC)c1OC. The van der Waals surface area contributed by atoms with Crippen molar-refractivity contribution in [2.45, 2.75) is 0 Å². The van der Waals surface area contributed by atoms with Crippen molar-refractivity contribution in [3.63, 3.8) is 0 Å². The summed E-state index contributed by atoms with van der Waals surface area (Å²) in [5, 5.41) is 1.24. The molecular formula is C16H20N2O4. The first-order valence-corrected chi connectivity index (χ1v) is 6.65. The van der Waals surface area contributed by atoms with Crippen molar-refractivity contribution in [2.24, 2.45) is 0 Å². The molecule has 2 N–H and O–H groups in total. The highest BCUT2D eigenvalue weighted by molar-refractivity contribution is 5.80. The molecule has 0 saturated heterocycles. The van der Waals surface area contributed by atoms with Gasteiger partial charge in [0.1, 0.15) is 5.69 Å². The van der Waals surface area contributed by atoms with Crippen LogP contribution in [0, 0.1) is 0 Å². The molecule has 0 amide bonds. The standard InChI is InChI=1S/C16H20N2O4/c1-19-15-13(11-5-7-12(17)8-6-11)9-10-14(16(15)20-2)18(21-3)22-4/h5-10H,17H2,1-4H3. The molecule has 2 rings (SSSR count). The number of hydrogen-bond acceptors (Lipinski definition) is 6. The van der Waals surface area contributed by atoms with E-state index in [1.165, 1.54) is 19.4 Å². The van der Waals surface area contributed by atoms with Crippen LogP contribution in [0.25, 0.3) is 11.1 Å². The molecule has 0 bridgehead atoms. The lowest BCUT2D eigenvalue weighted by Crippen LogP contribution is -2.20. The second-order valence-electron chi connectivity index (χ2n) is 4.44. The second kappa shape index (κ2) is 7.02. The number of benzene rings is 2. The maximum absolute atomic E-state index is 5.74. The van der Waals surface area contributed by atoms with Crippen molar-refractivity contribution in [3.8, 4) is 22.6 Å². The van der Waals surface area contributed by atoms with Gasteiger partial charge in [-0.3, -0.25) is 9.68 Å². The Morgan fingerprint density at radius 1 is 0.773 bits per heavy atom. The Morgan fingerprint density at radius 3 is 1.86 bits per heavy atom. The molecule has 0 aliphatic heterocycles. The number of ether oxygens (including phenoxy) is 2. The van der Waals surface area contributed by atoms with Crippen LogP contribution in [0.15, 0.2) is 36.4 Å². The fourth-order valence-electron chi connectivity index (χ4n) is 2.26. The summed E-state index contributed by atoms with van der Waals surface area (Å²) >= 11 is 0. The summed E-state index contributed by atoms with van der Waals surface area (Å²) < 4.78 is 11.0. The fourth-order valence-corrected chi connectivity index (χ4v) is 2.26. The van der Waals surface area contributed by atoms with Crippen molar-refractivity contribution in [1.82, 2.24) is 0 Å². The number of nitrogens with zero attached hydrogens (tertiary/aromatic N) is 1. The van der Waals surface area contributed by atoms with E-state index in [1.807, 2.05) is 36.4 Å². The van der Waals surface area contributed by atoms with Crippen LogP contribution < -0.4 is 20.4 Å². The van der Waals surface area contributed by atoms with Crippen molar-refractivity contribution in [2.75, 3.05) is 39.4 Å². The molecule has 0 spiro atoms. The molecule has 0 saturated carbocycles. The van der Waals surface area contributed by atoms with Gasteiger partial charge < -0.3 is 15.2 Å². The molecule has 6 heteroatoms. The summed E-state index contributed by atoms with van der Waals surface area (Å²) in [5.41, 5.74) is 8.90. The van der Waals surface area contributed by atoms with Gasteiger partial charge in [-0.25, -0.2) is 0 Å². The van der Waals surface area contributed by atoms with Crippen LogP contribution in [0.1, 0.15) is 0 Å². The van der Waals surface area contributed by atoms with E-state index in [1.54, 1.807) is 14.2 Å². The van der Waals surface area contributed by atoms with Crippen LogP contribution >= 0.6 is 0 Å². The largest absolute Gasteiger partial charge is 0.492 e. The Balaban J connectivity index is 2.60. The Hall–Kier alpha value is -2.44. The van der Waals surface area contributed by atoms with Crippen LogP contribution in [-0.4, -0.2) is 28.4 Å². The minimum Gasteiger partial charge on any atom is -0.492 e. The summed E-state index contributed by atoms with van der Waals surface area (Å²) in [6.45, 7) is 0. The van der Waals surface area contributed by atoms with E-state index in [-0.39, 0.29) is 0 Å². The Morgan fingerprint density at radius 2 is 1.36 bits per heavy atom. The molecule has 6 nitrogen and oxygen atoms in total. The predicted molar refractivity (Wildman–Crippen MR) is 85.9 cm³/mol. The highest BCUT2D eigenvalue weighted by Gasteiger charge is 2.20. The molecule has 0 aromatic heterocycles. The minimum atomic E-state index is 0.514. The van der Waals surface area contributed by atoms with Crippen LogP contribution in [0.3, 0.4) is 0 Å². The van der Waals surface area contributed by atoms with Crippen molar-refractivity contribution in [1.29, 1.82) is 0 Å². The molecule has 0 aliphatic carbocycles. The zero-order valence-electron chi connectivity index (χ0n) is 13.1. The molecule has 0 atom stereocenters. The Kier molecular flexibility index (Phi) is 5.08. The summed E-state index contributed by atoms with van der Waals surface area (Å²) in [4.78, 5) is 10.3. The predicted octanol–water partition coefficient (Wildman–Crippen LogP) is 2.88. The van der Waals surface area contributed by atoms with E-state index in [0.717, 1.165) is 11.1 Å². The Labute approximate surface area is 129 Å². The van der Waals surface area contributed by atoms with Crippen LogP contribution in [-0.2, 0) is 9.68 Å². The van der Waals surface area contributed by atoms with E-state index < -0.39 is 0 Å². The van der Waals surface area contributed by atoms with Gasteiger partial charge in [0.05, 0.1) is 28.4 Å². The number of nitrogen functional groups attached to an aromatic ring is 1. The maximum Gasteiger partial charge on any atom is 0.189 e. The highest BCUT2D eigenvalue weighted by atomic mass is 16.9. The average Bonchev–Trinajstić information content (AvgIpc) is 2.56. The lowest BCUT2D eigenvalue weighted by molar-refractivity contribution is -0.0442. The van der Waals surface area contributed by atoms with Crippen LogP contribution in [0.2, 0.25) is 0 Å². The molecule has 118 valence electrons. The highest BCUT2D eigenvalue weighted by Crippen LogP contribution is 2.44. The van der Waals surface area contributed by atoms with Crippen molar-refractivity contribution in [3.05, 3.63) is 36.4 Å². The maximum atomic E-state index is 5.74. The number of anilines is 2. The number of rotatable bonds is 6. The second-order valence-corrected chi connectivity index (χ2v) is 4.44. The number of methoxy groups -OCH3 is 2. The summed E-state index contributed by atoms with van der Waals surface area (Å²) in [6.07, 6.45) is 0. The van der Waals surface area contributed by atoms with Gasteiger partial charge in [0, 0.05) is 11.3 Å². The smallest absolute Gasteiger partial charge is 0.189 e. The zero-order chi connectivity index (χ0) is 16.1. The molecule has 0 unspecified atom stereocenters. The van der Waals surface area contributed by atoms with E-state index in [9.17, 15) is 0 Å². The van der Waals surface area contributed by atoms with Gasteiger partial charge in [0.2, 0.25) is 0 Å². The average molecular weight is 304 g/mol. The normalized spacial score (nSPS) is 10.4. The van der Waals surface area contributed by atoms with Gasteiger partial charge in [0.15, 0.2) is 11.5 Å². The fraction of sp³-hybridized carbons (Fsp3) is 0.250. The first-order valence-electron chi connectivity index (χ1n) is 6.65. The monoisotopic (exact) mass is 304 g/mol. The topological polar surface area (TPSA) is 66.2 Å². The van der Waals surface area contributed by atoms with Crippen LogP contribution in [0.5, 0.6) is 11.5 Å². The molecule has 0 aliphatic rings. The Bertz CT molecular complexity index is 625. The third kappa shape index (κ3) is 2.93. The van der Waals surface area contributed by atoms with E-state index >= 15 is 0 Å². The first-order chi connectivity index (χ1) is 10.7. The quantitative estimate of drug-likeness (QED) is 0.654. The van der Waals surface area contributed by atoms with Crippen LogP contribution in [0.4, 0.5) is 11.4 Å². The lowest BCUT2D eigenvalue weighted by Gasteiger charge is -2.23. The molecule has 22 heavy (non-hydrogen) atoms. The summed E-state index contributed by atoms with van der Waals surface area (Å²) in [5.74, 6) is 1.10. The number of nitrogens with two attached hydrogens (primary N) is 1. The summed E-state index contributed by atoms with van der Waals surface area (Å²) in [6, 6.07) is 11.3. The zero-order valence-corrected chi connectivity index (χ0v) is 13.1. The van der Waals surface area contributed by atoms with Gasteiger partial charge in [-0.2, -0.15) is 0 Å². The van der Waals surface area contributed by atoms with E-state index in [4.69, 9.17) is 24.9 Å². The van der Waals surface area contributed by atoms with Gasteiger partial charge >= 0.3 is 0 Å². The van der Waals surface area contributed by atoms with Gasteiger partial charge in [-0.15, -0.1) is 5.23 Å². The van der Waals surface area contributed by atoms with Crippen molar-refractivity contribution < 1.29 is 19.1 Å². The van der Waals surface area contributed by atoms with Gasteiger partial charge in [-0.05, 0) is 29.8 Å². The minimum absolute atomic E-state index is 0.514. The lowest BCUT2D eigenvalue weighted by atomic mass is 10.0. The third-order valence-electron chi connectivity index (χ3n) is 3.25. The van der Waals surface area contributed by atoms with E-state index in [0.29, 0.717) is 22.9 Å². The summed E-state index contributed by atoms with van der Waals surface area (Å²) in [7, 11) is 6.16. The molecule has 0 heterocycles. The third-order valence-corrected chi connectivity index (χ3v) is 3.25. The molecule has 2 aromatic carbocycles. The number of hydrogen-bond donors (Lipinski definition) is 1. The molecule has 2 aromatic rings. The van der Waals surface area contributed by atoms with Gasteiger partial charge in [-0.1, -0.05) is 12.1 Å². The molecule has 0 radical (unpaired) electrons. The van der Waals surface area contributed by atoms with Gasteiger partial charge in [0.25, 0.3) is 0 Å². The molecular weight excluding hydrogens is 284 g/mol. The first kappa shape index (κ1) is 15.9. The molecule has 0 fully saturated rings. The van der Waals surface area contributed by atoms with E-state index in [2.05, 4.69) is 0 Å². The van der Waals surface area contributed by atoms with Crippen molar-refractivity contribution >= 4 is 11.4 Å².